The first-order chi connectivity index (χ1) is 4.72. The summed E-state index contributed by atoms with van der Waals surface area (Å²) in [7, 11) is 0. The summed E-state index contributed by atoms with van der Waals surface area (Å²) >= 11 is 0. The summed E-state index contributed by atoms with van der Waals surface area (Å²) in [5.41, 5.74) is 0. The molecule has 1 unspecified atom stereocenters. The van der Waals surface area contributed by atoms with Crippen LogP contribution in [0.25, 0.3) is 0 Å². The summed E-state index contributed by atoms with van der Waals surface area (Å²) in [6, 6.07) is 0. The molecule has 0 spiro atoms. The molecule has 0 aliphatic heterocycles. The van der Waals surface area contributed by atoms with Gasteiger partial charge in [0, 0.05) is 12.5 Å². The van der Waals surface area contributed by atoms with Gasteiger partial charge in [-0.3, -0.25) is 4.79 Å². The van der Waals surface area contributed by atoms with Gasteiger partial charge < -0.3 is 5.32 Å². The normalized spacial score (nSPS) is 12.7. The summed E-state index contributed by atoms with van der Waals surface area (Å²) in [6.45, 7) is 3.81. The summed E-state index contributed by atoms with van der Waals surface area (Å²) in [6.07, 6.45) is 0.824. The van der Waals surface area contributed by atoms with Crippen LogP contribution < -0.4 is 5.32 Å². The van der Waals surface area contributed by atoms with Gasteiger partial charge in [-0.1, -0.05) is 13.8 Å². The molecule has 0 aromatic carbocycles. The van der Waals surface area contributed by atoms with E-state index in [2.05, 4.69) is 5.32 Å². The Labute approximate surface area is 61.4 Å². The standard InChI is InChI=1S/C7H14NO2/c1-3-6(2)7(10)8-4-5-9/h6H,3-5H2,1-2H3,(H,8,10). The van der Waals surface area contributed by atoms with Crippen molar-refractivity contribution in [2.45, 2.75) is 20.3 Å². The van der Waals surface area contributed by atoms with E-state index in [1.807, 2.05) is 13.8 Å². The zero-order valence-electron chi connectivity index (χ0n) is 6.52. The molecule has 3 heteroatoms. The highest BCUT2D eigenvalue weighted by Crippen LogP contribution is 1.98. The molecule has 0 saturated heterocycles. The van der Waals surface area contributed by atoms with Gasteiger partial charge in [-0.2, -0.15) is 0 Å². The molecule has 1 N–H and O–H groups in total. The third kappa shape index (κ3) is 3.45. The van der Waals surface area contributed by atoms with Crippen molar-refractivity contribution in [1.82, 2.24) is 5.32 Å². The average Bonchev–Trinajstić information content (AvgIpc) is 1.98. The second-order valence-corrected chi connectivity index (χ2v) is 2.30. The van der Waals surface area contributed by atoms with Crippen molar-refractivity contribution in [3.05, 3.63) is 0 Å². The quantitative estimate of drug-likeness (QED) is 0.616. The SMILES string of the molecule is CCC(C)C(=O)NCC[O]. The average molecular weight is 144 g/mol. The number of rotatable bonds is 4. The van der Waals surface area contributed by atoms with Gasteiger partial charge in [-0.15, -0.1) is 0 Å². The zero-order valence-corrected chi connectivity index (χ0v) is 6.52. The smallest absolute Gasteiger partial charge is 0.222 e. The summed E-state index contributed by atoms with van der Waals surface area (Å²) in [5, 5.41) is 12.5. The topological polar surface area (TPSA) is 49.0 Å². The molecule has 0 aromatic rings. The second kappa shape index (κ2) is 5.23. The first kappa shape index (κ1) is 9.43. The molecule has 0 heterocycles. The van der Waals surface area contributed by atoms with Crippen LogP contribution in [0.5, 0.6) is 0 Å². The van der Waals surface area contributed by atoms with Crippen molar-refractivity contribution in [3.63, 3.8) is 0 Å². The van der Waals surface area contributed by atoms with Crippen LogP contribution in [0.2, 0.25) is 0 Å². The molecule has 0 bridgehead atoms. The molecule has 1 amide bonds. The second-order valence-electron chi connectivity index (χ2n) is 2.30. The number of nitrogens with one attached hydrogen (secondary N) is 1. The van der Waals surface area contributed by atoms with Crippen molar-refractivity contribution < 1.29 is 9.90 Å². The fourth-order valence-corrected chi connectivity index (χ4v) is 0.534. The van der Waals surface area contributed by atoms with Crippen molar-refractivity contribution >= 4 is 5.91 Å². The Morgan fingerprint density at radius 2 is 2.20 bits per heavy atom. The van der Waals surface area contributed by atoms with Crippen molar-refractivity contribution in [1.29, 1.82) is 0 Å². The van der Waals surface area contributed by atoms with E-state index in [1.54, 1.807) is 0 Å². The maximum Gasteiger partial charge on any atom is 0.222 e. The number of amides is 1. The van der Waals surface area contributed by atoms with E-state index in [1.165, 1.54) is 0 Å². The molecule has 59 valence electrons. The number of hydrogen-bond acceptors (Lipinski definition) is 1. The largest absolute Gasteiger partial charge is 0.353 e. The van der Waals surface area contributed by atoms with Gasteiger partial charge >= 0.3 is 0 Å². The van der Waals surface area contributed by atoms with Gasteiger partial charge in [-0.25, -0.2) is 5.11 Å². The molecular formula is C7H14NO2. The Morgan fingerprint density at radius 1 is 1.60 bits per heavy atom. The molecule has 0 rings (SSSR count). The fourth-order valence-electron chi connectivity index (χ4n) is 0.534. The van der Waals surface area contributed by atoms with E-state index in [9.17, 15) is 9.90 Å². The van der Waals surface area contributed by atoms with Crippen LogP contribution in [0.15, 0.2) is 0 Å². The Bertz CT molecular complexity index is 104. The molecule has 1 radical (unpaired) electrons. The number of carbonyl (C=O) groups excluding carboxylic acids is 1. The molecular weight excluding hydrogens is 130 g/mol. The molecule has 0 aliphatic carbocycles. The van der Waals surface area contributed by atoms with E-state index >= 15 is 0 Å². The highest BCUT2D eigenvalue weighted by molar-refractivity contribution is 5.78. The predicted octanol–water partition coefficient (Wildman–Crippen LogP) is 0.579. The molecule has 0 aromatic heterocycles. The molecule has 3 nitrogen and oxygen atoms in total. The minimum absolute atomic E-state index is 0.0154. The molecule has 1 atom stereocenters. The van der Waals surface area contributed by atoms with Crippen LogP contribution in [0.1, 0.15) is 20.3 Å². The van der Waals surface area contributed by atoms with Crippen molar-refractivity contribution in [3.8, 4) is 0 Å². The van der Waals surface area contributed by atoms with Gasteiger partial charge in [0.2, 0.25) is 5.91 Å². The van der Waals surface area contributed by atoms with E-state index in [0.29, 0.717) is 0 Å². The Hall–Kier alpha value is -0.570. The minimum Gasteiger partial charge on any atom is -0.353 e. The Balaban J connectivity index is 3.42. The number of carbonyl (C=O) groups is 1. The summed E-state index contributed by atoms with van der Waals surface area (Å²) < 4.78 is 0. The van der Waals surface area contributed by atoms with E-state index < -0.39 is 0 Å². The summed E-state index contributed by atoms with van der Waals surface area (Å²) in [4.78, 5) is 10.9. The van der Waals surface area contributed by atoms with Gasteiger partial charge in [0.05, 0.1) is 6.61 Å². The maximum absolute atomic E-state index is 10.9. The molecule has 0 aliphatic rings. The van der Waals surface area contributed by atoms with E-state index in [4.69, 9.17) is 0 Å². The molecule has 0 saturated carbocycles. The van der Waals surface area contributed by atoms with E-state index in [-0.39, 0.29) is 25.0 Å². The van der Waals surface area contributed by atoms with Crippen LogP contribution in [0, 0.1) is 5.92 Å². The van der Waals surface area contributed by atoms with Crippen LogP contribution >= 0.6 is 0 Å². The third-order valence-electron chi connectivity index (χ3n) is 1.46. The van der Waals surface area contributed by atoms with Crippen LogP contribution in [0.4, 0.5) is 0 Å². The zero-order chi connectivity index (χ0) is 7.98. The van der Waals surface area contributed by atoms with Crippen molar-refractivity contribution in [2.24, 2.45) is 5.92 Å². The minimum atomic E-state index is -0.234. The lowest BCUT2D eigenvalue weighted by Crippen LogP contribution is -2.30. The number of hydrogen-bond donors (Lipinski definition) is 1. The lowest BCUT2D eigenvalue weighted by atomic mass is 10.1. The molecule has 0 fully saturated rings. The van der Waals surface area contributed by atoms with Crippen LogP contribution in [-0.4, -0.2) is 19.1 Å². The first-order valence-electron chi connectivity index (χ1n) is 3.58. The lowest BCUT2D eigenvalue weighted by molar-refractivity contribution is -0.124. The van der Waals surface area contributed by atoms with Gasteiger partial charge in [0.1, 0.15) is 0 Å². The monoisotopic (exact) mass is 144 g/mol. The van der Waals surface area contributed by atoms with Crippen LogP contribution in [-0.2, 0) is 9.90 Å². The van der Waals surface area contributed by atoms with Crippen LogP contribution in [0.3, 0.4) is 0 Å². The van der Waals surface area contributed by atoms with Gasteiger partial charge in [0.15, 0.2) is 0 Å². The molecule has 10 heavy (non-hydrogen) atoms. The van der Waals surface area contributed by atoms with Crippen molar-refractivity contribution in [2.75, 3.05) is 13.2 Å². The Kier molecular flexibility index (Phi) is 4.94. The van der Waals surface area contributed by atoms with Gasteiger partial charge in [0.25, 0.3) is 0 Å². The fraction of sp³-hybridized carbons (Fsp3) is 0.857. The highest BCUT2D eigenvalue weighted by atomic mass is 16.3. The maximum atomic E-state index is 10.9. The predicted molar refractivity (Wildman–Crippen MR) is 38.0 cm³/mol. The third-order valence-corrected chi connectivity index (χ3v) is 1.46. The highest BCUT2D eigenvalue weighted by Gasteiger charge is 2.07. The first-order valence-corrected chi connectivity index (χ1v) is 3.58. The lowest BCUT2D eigenvalue weighted by Gasteiger charge is -2.07. The Morgan fingerprint density at radius 3 is 2.60 bits per heavy atom. The van der Waals surface area contributed by atoms with E-state index in [0.717, 1.165) is 6.42 Å². The summed E-state index contributed by atoms with van der Waals surface area (Å²) in [5.74, 6) is 0.0184. The van der Waals surface area contributed by atoms with Gasteiger partial charge in [-0.05, 0) is 6.42 Å².